The number of ether oxygens (including phenoxy) is 1. The molecule has 0 saturated carbocycles. The van der Waals surface area contributed by atoms with Gasteiger partial charge in [-0.05, 0) is 68.1 Å². The summed E-state index contributed by atoms with van der Waals surface area (Å²) in [6.45, 7) is 3.92. The normalized spacial score (nSPS) is 16.0. The summed E-state index contributed by atoms with van der Waals surface area (Å²) in [5, 5.41) is 2.95. The van der Waals surface area contributed by atoms with E-state index in [1.165, 1.54) is 16.4 Å². The molecule has 0 aliphatic carbocycles. The van der Waals surface area contributed by atoms with Gasteiger partial charge in [-0.1, -0.05) is 13.8 Å². The van der Waals surface area contributed by atoms with Gasteiger partial charge in [-0.3, -0.25) is 4.79 Å². The van der Waals surface area contributed by atoms with E-state index in [4.69, 9.17) is 4.74 Å². The first-order valence-corrected chi connectivity index (χ1v) is 13.2. The fraction of sp³-hybridized carbons (Fsp3) is 0.480. The molecule has 1 aliphatic heterocycles. The predicted octanol–water partition coefficient (Wildman–Crippen LogP) is 5.14. The minimum atomic E-state index is -4.83. The van der Waals surface area contributed by atoms with Gasteiger partial charge in [0.05, 0.1) is 17.1 Å². The van der Waals surface area contributed by atoms with Crippen molar-refractivity contribution in [1.82, 2.24) is 9.62 Å². The fourth-order valence-electron chi connectivity index (χ4n) is 4.01. The van der Waals surface area contributed by atoms with E-state index < -0.39 is 38.8 Å². The van der Waals surface area contributed by atoms with Crippen LogP contribution in [0.5, 0.6) is 5.75 Å². The molecule has 204 valence electrons. The Morgan fingerprint density at radius 2 is 1.68 bits per heavy atom. The Bertz CT molecular complexity index is 1190. The van der Waals surface area contributed by atoms with E-state index in [9.17, 15) is 35.2 Å². The molecule has 2 aromatic rings. The largest absolute Gasteiger partial charge is 0.494 e. The van der Waals surface area contributed by atoms with Crippen LogP contribution < -0.4 is 10.1 Å². The van der Waals surface area contributed by atoms with Crippen LogP contribution in [0.3, 0.4) is 0 Å². The summed E-state index contributed by atoms with van der Waals surface area (Å²) >= 11 is 0. The van der Waals surface area contributed by atoms with Gasteiger partial charge in [-0.15, -0.1) is 0 Å². The number of piperidine rings is 1. The lowest BCUT2D eigenvalue weighted by atomic mass is 9.86. The lowest BCUT2D eigenvalue weighted by Crippen LogP contribution is -2.49. The highest BCUT2D eigenvalue weighted by Gasteiger charge is 2.35. The minimum Gasteiger partial charge on any atom is -0.494 e. The number of nitrogens with one attached hydrogen (secondary N) is 1. The second-order valence-electron chi connectivity index (χ2n) is 9.58. The molecule has 0 bridgehead atoms. The molecule has 12 heteroatoms. The van der Waals surface area contributed by atoms with Crippen molar-refractivity contribution in [2.45, 2.75) is 56.6 Å². The van der Waals surface area contributed by atoms with E-state index in [0.717, 1.165) is 18.2 Å². The maximum Gasteiger partial charge on any atom is 0.419 e. The van der Waals surface area contributed by atoms with Crippen molar-refractivity contribution in [2.24, 2.45) is 5.41 Å². The van der Waals surface area contributed by atoms with Crippen LogP contribution in [0.4, 0.5) is 22.0 Å². The molecule has 0 radical (unpaired) electrons. The summed E-state index contributed by atoms with van der Waals surface area (Å²) in [6.07, 6.45) is -3.25. The Labute approximate surface area is 212 Å². The zero-order chi connectivity index (χ0) is 27.4. The molecule has 1 heterocycles. The fourth-order valence-corrected chi connectivity index (χ4v) is 5.48. The van der Waals surface area contributed by atoms with E-state index in [1.807, 2.05) is 0 Å². The lowest BCUT2D eigenvalue weighted by molar-refractivity contribution is -0.140. The smallest absolute Gasteiger partial charge is 0.419 e. The van der Waals surface area contributed by atoms with Crippen LogP contribution in [-0.4, -0.2) is 44.4 Å². The number of nitrogens with zero attached hydrogens (tertiary/aromatic N) is 1. The SMILES string of the molecule is CC(C)(CCCOc1ccc(F)c(C(F)(F)F)c1)C(=O)NC1CCN(S(=O)(=O)c2ccc(F)cc2)CC1. The van der Waals surface area contributed by atoms with Crippen LogP contribution in [0.25, 0.3) is 0 Å². The maximum absolute atomic E-state index is 13.4. The van der Waals surface area contributed by atoms with Gasteiger partial charge in [0.2, 0.25) is 15.9 Å². The third kappa shape index (κ3) is 7.41. The first kappa shape index (κ1) is 28.8. The lowest BCUT2D eigenvalue weighted by Gasteiger charge is -2.33. The van der Waals surface area contributed by atoms with Crippen LogP contribution in [0.15, 0.2) is 47.4 Å². The summed E-state index contributed by atoms with van der Waals surface area (Å²) < 4.78 is 97.2. The van der Waals surface area contributed by atoms with Crippen molar-refractivity contribution < 1.29 is 39.9 Å². The first-order valence-electron chi connectivity index (χ1n) is 11.8. The minimum absolute atomic E-state index is 0.00926. The average Bonchev–Trinajstić information content (AvgIpc) is 2.82. The zero-order valence-corrected chi connectivity index (χ0v) is 21.3. The molecule has 0 atom stereocenters. The van der Waals surface area contributed by atoms with Gasteiger partial charge in [0.15, 0.2) is 0 Å². The third-order valence-electron chi connectivity index (χ3n) is 6.31. The highest BCUT2D eigenvalue weighted by atomic mass is 32.2. The molecule has 1 aliphatic rings. The molecule has 3 rings (SSSR count). The molecule has 0 unspecified atom stereocenters. The molecular weight excluding hydrogens is 519 g/mol. The van der Waals surface area contributed by atoms with Crippen molar-refractivity contribution >= 4 is 15.9 Å². The van der Waals surface area contributed by atoms with Crippen LogP contribution in [0.1, 0.15) is 45.1 Å². The van der Waals surface area contributed by atoms with Gasteiger partial charge in [0, 0.05) is 24.5 Å². The van der Waals surface area contributed by atoms with Crippen molar-refractivity contribution in [3.05, 3.63) is 59.7 Å². The van der Waals surface area contributed by atoms with Crippen molar-refractivity contribution in [2.75, 3.05) is 19.7 Å². The molecule has 0 spiro atoms. The molecule has 1 amide bonds. The van der Waals surface area contributed by atoms with Gasteiger partial charge in [0.25, 0.3) is 0 Å². The topological polar surface area (TPSA) is 75.7 Å². The number of halogens is 5. The quantitative estimate of drug-likeness (QED) is 0.348. The number of sulfonamides is 1. The van der Waals surface area contributed by atoms with Crippen LogP contribution in [0, 0.1) is 17.0 Å². The standard InChI is InChI=1S/C25H29F5N2O4S/c1-24(2,12-3-15-36-19-6-9-22(27)21(16-19)25(28,29)30)23(33)31-18-10-13-32(14-11-18)37(34,35)20-7-4-17(26)5-8-20/h4-9,16,18H,3,10-15H2,1-2H3,(H,31,33). The van der Waals surface area contributed by atoms with Gasteiger partial charge >= 0.3 is 6.18 Å². The molecule has 37 heavy (non-hydrogen) atoms. The summed E-state index contributed by atoms with van der Waals surface area (Å²) in [5.41, 5.74) is -2.21. The second-order valence-corrected chi connectivity index (χ2v) is 11.5. The molecule has 0 aromatic heterocycles. The van der Waals surface area contributed by atoms with E-state index in [0.29, 0.717) is 37.8 Å². The van der Waals surface area contributed by atoms with E-state index in [2.05, 4.69) is 5.32 Å². The Morgan fingerprint density at radius 3 is 2.27 bits per heavy atom. The number of hydrogen-bond acceptors (Lipinski definition) is 4. The van der Waals surface area contributed by atoms with E-state index in [-0.39, 0.29) is 42.3 Å². The number of carbonyl (C=O) groups is 1. The van der Waals surface area contributed by atoms with Crippen LogP contribution >= 0.6 is 0 Å². The molecule has 1 N–H and O–H groups in total. The number of amides is 1. The highest BCUT2D eigenvalue weighted by molar-refractivity contribution is 7.89. The van der Waals surface area contributed by atoms with E-state index in [1.54, 1.807) is 13.8 Å². The van der Waals surface area contributed by atoms with Gasteiger partial charge in [0.1, 0.15) is 17.4 Å². The second kappa shape index (κ2) is 11.3. The molecular formula is C25H29F5N2O4S. The summed E-state index contributed by atoms with van der Waals surface area (Å²) in [6, 6.07) is 6.82. The van der Waals surface area contributed by atoms with Crippen LogP contribution in [-0.2, 0) is 21.0 Å². The summed E-state index contributed by atoms with van der Waals surface area (Å²) in [4.78, 5) is 12.8. The number of alkyl halides is 3. The van der Waals surface area contributed by atoms with Gasteiger partial charge in [-0.25, -0.2) is 17.2 Å². The van der Waals surface area contributed by atoms with Gasteiger partial charge < -0.3 is 10.1 Å². The van der Waals surface area contributed by atoms with E-state index >= 15 is 0 Å². The van der Waals surface area contributed by atoms with Crippen molar-refractivity contribution in [1.29, 1.82) is 0 Å². The molecule has 1 fully saturated rings. The van der Waals surface area contributed by atoms with Gasteiger partial charge in [-0.2, -0.15) is 17.5 Å². The number of carbonyl (C=O) groups excluding carboxylic acids is 1. The highest BCUT2D eigenvalue weighted by Crippen LogP contribution is 2.34. The Balaban J connectivity index is 1.45. The average molecular weight is 549 g/mol. The third-order valence-corrected chi connectivity index (χ3v) is 8.23. The maximum atomic E-state index is 13.4. The zero-order valence-electron chi connectivity index (χ0n) is 20.4. The summed E-state index contributed by atoms with van der Waals surface area (Å²) in [7, 11) is -3.75. The first-order chi connectivity index (χ1) is 17.2. The molecule has 1 saturated heterocycles. The van der Waals surface area contributed by atoms with Crippen molar-refractivity contribution in [3.63, 3.8) is 0 Å². The van der Waals surface area contributed by atoms with Crippen molar-refractivity contribution in [3.8, 4) is 5.75 Å². The Morgan fingerprint density at radius 1 is 1.05 bits per heavy atom. The molecule has 6 nitrogen and oxygen atoms in total. The Kier molecular flexibility index (Phi) is 8.84. The van der Waals surface area contributed by atoms with Crippen LogP contribution in [0.2, 0.25) is 0 Å². The monoisotopic (exact) mass is 548 g/mol. The Hall–Kier alpha value is -2.73. The number of hydrogen-bond donors (Lipinski definition) is 1. The predicted molar refractivity (Wildman–Crippen MR) is 126 cm³/mol. The molecule has 2 aromatic carbocycles. The number of rotatable bonds is 9. The number of benzene rings is 2. The summed E-state index contributed by atoms with van der Waals surface area (Å²) in [5.74, 6) is -2.25.